The highest BCUT2D eigenvalue weighted by Crippen LogP contribution is 2.39. The van der Waals surface area contributed by atoms with Crippen LogP contribution in [0.2, 0.25) is 0 Å². The molecule has 96 valence electrons. The number of carbonyl (C=O) groups is 2. The van der Waals surface area contributed by atoms with Gasteiger partial charge >= 0.3 is 5.97 Å². The molecule has 2 unspecified atom stereocenters. The number of rotatable bonds is 5. The number of likely N-dealkylation sites (N-methyl/N-ethyl adjacent to an activating group) is 1. The van der Waals surface area contributed by atoms with E-state index in [1.807, 2.05) is 0 Å². The molecule has 5 heteroatoms. The third-order valence-corrected chi connectivity index (χ3v) is 3.75. The van der Waals surface area contributed by atoms with E-state index in [0.29, 0.717) is 13.0 Å². The molecule has 1 heterocycles. The Balaban J connectivity index is 1.70. The number of hydrogen-bond donors (Lipinski definition) is 1. The summed E-state index contributed by atoms with van der Waals surface area (Å²) in [6.45, 7) is 3.88. The van der Waals surface area contributed by atoms with Crippen molar-refractivity contribution in [2.45, 2.75) is 19.3 Å². The summed E-state index contributed by atoms with van der Waals surface area (Å²) in [6, 6.07) is 0. The number of amides is 1. The van der Waals surface area contributed by atoms with Crippen LogP contribution < -0.4 is 0 Å². The zero-order chi connectivity index (χ0) is 12.4. The zero-order valence-electron chi connectivity index (χ0n) is 10.3. The van der Waals surface area contributed by atoms with Crippen LogP contribution in [0.1, 0.15) is 19.3 Å². The summed E-state index contributed by atoms with van der Waals surface area (Å²) >= 11 is 0. The molecular formula is C12H20N2O3. The summed E-state index contributed by atoms with van der Waals surface area (Å²) in [5.41, 5.74) is 0. The van der Waals surface area contributed by atoms with E-state index >= 15 is 0 Å². The highest BCUT2D eigenvalue weighted by molar-refractivity contribution is 5.89. The van der Waals surface area contributed by atoms with Crippen molar-refractivity contribution in [3.8, 4) is 0 Å². The fourth-order valence-corrected chi connectivity index (χ4v) is 2.43. The lowest BCUT2D eigenvalue weighted by atomic mass is 10.3. The first-order valence-electron chi connectivity index (χ1n) is 6.29. The lowest BCUT2D eigenvalue weighted by Crippen LogP contribution is -2.36. The maximum absolute atomic E-state index is 11.9. The van der Waals surface area contributed by atoms with Crippen LogP contribution in [0.4, 0.5) is 0 Å². The van der Waals surface area contributed by atoms with Crippen LogP contribution in [0.25, 0.3) is 0 Å². The number of carboxylic acids is 1. The molecule has 2 aliphatic rings. The van der Waals surface area contributed by atoms with Gasteiger partial charge in [0.05, 0.1) is 11.8 Å². The van der Waals surface area contributed by atoms with Gasteiger partial charge in [-0.2, -0.15) is 0 Å². The predicted octanol–water partition coefficient (Wildman–Crippen LogP) is 0.261. The van der Waals surface area contributed by atoms with Crippen LogP contribution in [0.15, 0.2) is 0 Å². The minimum absolute atomic E-state index is 0.00315. The molecule has 1 aliphatic carbocycles. The monoisotopic (exact) mass is 240 g/mol. The number of carboxylic acid groups (broad SMARTS) is 1. The quantitative estimate of drug-likeness (QED) is 0.749. The molecule has 2 fully saturated rings. The molecule has 0 aromatic carbocycles. The van der Waals surface area contributed by atoms with Gasteiger partial charge in [-0.25, -0.2) is 0 Å². The smallest absolute Gasteiger partial charge is 0.307 e. The lowest BCUT2D eigenvalue weighted by Gasteiger charge is -2.21. The number of hydrogen-bond acceptors (Lipinski definition) is 3. The van der Waals surface area contributed by atoms with Crippen LogP contribution in [-0.4, -0.2) is 60.0 Å². The van der Waals surface area contributed by atoms with E-state index in [0.717, 1.165) is 19.6 Å². The van der Waals surface area contributed by atoms with Gasteiger partial charge in [0.1, 0.15) is 0 Å². The largest absolute Gasteiger partial charge is 0.481 e. The first-order chi connectivity index (χ1) is 8.09. The summed E-state index contributed by atoms with van der Waals surface area (Å²) in [6.07, 6.45) is 3.02. The molecule has 0 spiro atoms. The molecule has 2 atom stereocenters. The van der Waals surface area contributed by atoms with Crippen molar-refractivity contribution in [1.82, 2.24) is 9.80 Å². The van der Waals surface area contributed by atoms with Crippen molar-refractivity contribution in [1.29, 1.82) is 0 Å². The summed E-state index contributed by atoms with van der Waals surface area (Å²) in [7, 11) is 1.77. The Morgan fingerprint density at radius 2 is 1.94 bits per heavy atom. The standard InChI is InChI=1S/C12H20N2O3/c1-13(6-7-14-4-2-3-5-14)11(15)9-8-10(9)12(16)17/h9-10H,2-8H2,1H3,(H,16,17). The molecule has 0 bridgehead atoms. The van der Waals surface area contributed by atoms with E-state index in [4.69, 9.17) is 5.11 Å². The Morgan fingerprint density at radius 3 is 2.47 bits per heavy atom. The second kappa shape index (κ2) is 5.04. The third-order valence-electron chi connectivity index (χ3n) is 3.75. The van der Waals surface area contributed by atoms with Crippen molar-refractivity contribution in [2.75, 3.05) is 33.2 Å². The molecule has 1 saturated heterocycles. The van der Waals surface area contributed by atoms with Gasteiger partial charge in [0.25, 0.3) is 0 Å². The van der Waals surface area contributed by atoms with Crippen LogP contribution in [0.5, 0.6) is 0 Å². The molecule has 0 radical (unpaired) electrons. The van der Waals surface area contributed by atoms with Gasteiger partial charge in [0.2, 0.25) is 5.91 Å². The van der Waals surface area contributed by atoms with Gasteiger partial charge in [-0.05, 0) is 32.4 Å². The number of carbonyl (C=O) groups excluding carboxylic acids is 1. The molecule has 17 heavy (non-hydrogen) atoms. The summed E-state index contributed by atoms with van der Waals surface area (Å²) in [4.78, 5) is 26.6. The first-order valence-corrected chi connectivity index (χ1v) is 6.29. The molecule has 0 aromatic rings. The van der Waals surface area contributed by atoms with E-state index in [1.54, 1.807) is 11.9 Å². The molecule has 5 nitrogen and oxygen atoms in total. The lowest BCUT2D eigenvalue weighted by molar-refractivity contribution is -0.141. The second-order valence-electron chi connectivity index (χ2n) is 5.10. The third kappa shape index (κ3) is 2.97. The predicted molar refractivity (Wildman–Crippen MR) is 62.5 cm³/mol. The Bertz CT molecular complexity index is 313. The van der Waals surface area contributed by atoms with Gasteiger partial charge in [0.15, 0.2) is 0 Å². The normalized spacial score (nSPS) is 28.1. The highest BCUT2D eigenvalue weighted by Gasteiger charge is 2.49. The molecule has 1 amide bonds. The highest BCUT2D eigenvalue weighted by atomic mass is 16.4. The van der Waals surface area contributed by atoms with Crippen molar-refractivity contribution in [3.63, 3.8) is 0 Å². The van der Waals surface area contributed by atoms with Crippen molar-refractivity contribution >= 4 is 11.9 Å². The fourth-order valence-electron chi connectivity index (χ4n) is 2.43. The summed E-state index contributed by atoms with van der Waals surface area (Å²) in [5, 5.41) is 8.78. The van der Waals surface area contributed by atoms with Crippen molar-refractivity contribution in [2.24, 2.45) is 11.8 Å². The Kier molecular flexibility index (Phi) is 3.66. The topological polar surface area (TPSA) is 60.9 Å². The van der Waals surface area contributed by atoms with Crippen LogP contribution in [0, 0.1) is 11.8 Å². The van der Waals surface area contributed by atoms with Gasteiger partial charge in [-0.3, -0.25) is 9.59 Å². The molecule has 1 saturated carbocycles. The summed E-state index contributed by atoms with van der Waals surface area (Å²) in [5.74, 6) is -1.54. The van der Waals surface area contributed by atoms with E-state index in [9.17, 15) is 9.59 Å². The van der Waals surface area contributed by atoms with E-state index < -0.39 is 11.9 Å². The minimum atomic E-state index is -0.837. The van der Waals surface area contributed by atoms with Gasteiger partial charge in [-0.15, -0.1) is 0 Å². The van der Waals surface area contributed by atoms with Gasteiger partial charge in [0, 0.05) is 20.1 Å². The molecular weight excluding hydrogens is 220 g/mol. The van der Waals surface area contributed by atoms with Crippen molar-refractivity contribution in [3.05, 3.63) is 0 Å². The average molecular weight is 240 g/mol. The Morgan fingerprint density at radius 1 is 1.29 bits per heavy atom. The number of aliphatic carboxylic acids is 1. The zero-order valence-corrected chi connectivity index (χ0v) is 10.3. The SMILES string of the molecule is CN(CCN1CCCC1)C(=O)C1CC1C(=O)O. The van der Waals surface area contributed by atoms with E-state index in [2.05, 4.69) is 4.90 Å². The molecule has 1 N–H and O–H groups in total. The summed E-state index contributed by atoms with van der Waals surface area (Å²) < 4.78 is 0. The van der Waals surface area contributed by atoms with Crippen LogP contribution in [0.3, 0.4) is 0 Å². The molecule has 2 rings (SSSR count). The second-order valence-corrected chi connectivity index (χ2v) is 5.10. The first kappa shape index (κ1) is 12.4. The minimum Gasteiger partial charge on any atom is -0.481 e. The van der Waals surface area contributed by atoms with Crippen LogP contribution >= 0.6 is 0 Å². The van der Waals surface area contributed by atoms with E-state index in [1.165, 1.54) is 12.8 Å². The van der Waals surface area contributed by atoms with Crippen LogP contribution in [-0.2, 0) is 9.59 Å². The maximum Gasteiger partial charge on any atom is 0.307 e. The van der Waals surface area contributed by atoms with E-state index in [-0.39, 0.29) is 11.8 Å². The number of likely N-dealkylation sites (tertiary alicyclic amines) is 1. The number of nitrogens with zero attached hydrogens (tertiary/aromatic N) is 2. The Hall–Kier alpha value is -1.10. The molecule has 0 aromatic heterocycles. The fraction of sp³-hybridized carbons (Fsp3) is 0.833. The average Bonchev–Trinajstić information content (AvgIpc) is 2.94. The van der Waals surface area contributed by atoms with Crippen molar-refractivity contribution < 1.29 is 14.7 Å². The van der Waals surface area contributed by atoms with Gasteiger partial charge in [-0.1, -0.05) is 0 Å². The maximum atomic E-state index is 11.9. The van der Waals surface area contributed by atoms with Gasteiger partial charge < -0.3 is 14.9 Å². The Labute approximate surface area is 101 Å². The molecule has 1 aliphatic heterocycles.